The maximum atomic E-state index is 12.0. The summed E-state index contributed by atoms with van der Waals surface area (Å²) in [4.78, 5) is 35.3. The Balaban J connectivity index is 1.92. The minimum Gasteiger partial charge on any atom is -0.465 e. The molecular formula is C18H17ClN2O4. The quantitative estimate of drug-likeness (QED) is 0.632. The van der Waals surface area contributed by atoms with E-state index in [2.05, 4.69) is 15.4 Å². The number of hydrogen-bond acceptors (Lipinski definition) is 4. The fraction of sp³-hybridized carbons (Fsp3) is 0.167. The van der Waals surface area contributed by atoms with Crippen LogP contribution in [0, 0.1) is 6.92 Å². The van der Waals surface area contributed by atoms with Crippen LogP contribution in [0.25, 0.3) is 0 Å². The number of ether oxygens (including phenoxy) is 1. The van der Waals surface area contributed by atoms with E-state index in [4.69, 9.17) is 11.6 Å². The molecule has 2 amide bonds. The largest absolute Gasteiger partial charge is 0.465 e. The van der Waals surface area contributed by atoms with Gasteiger partial charge in [0.2, 0.25) is 11.8 Å². The van der Waals surface area contributed by atoms with Crippen LogP contribution < -0.4 is 10.6 Å². The van der Waals surface area contributed by atoms with Crippen molar-refractivity contribution in [3.63, 3.8) is 0 Å². The van der Waals surface area contributed by atoms with Gasteiger partial charge in [0.1, 0.15) is 6.42 Å². The second kappa shape index (κ2) is 8.30. The molecule has 25 heavy (non-hydrogen) atoms. The van der Waals surface area contributed by atoms with Gasteiger partial charge in [-0.05, 0) is 48.9 Å². The van der Waals surface area contributed by atoms with Crippen molar-refractivity contribution in [2.45, 2.75) is 13.3 Å². The number of benzene rings is 2. The van der Waals surface area contributed by atoms with E-state index in [0.29, 0.717) is 22.0 Å². The van der Waals surface area contributed by atoms with Crippen LogP contribution in [0.1, 0.15) is 22.3 Å². The summed E-state index contributed by atoms with van der Waals surface area (Å²) < 4.78 is 4.60. The number of nitrogens with one attached hydrogen (secondary N) is 2. The van der Waals surface area contributed by atoms with Gasteiger partial charge in [-0.3, -0.25) is 9.59 Å². The summed E-state index contributed by atoms with van der Waals surface area (Å²) in [6.07, 6.45) is -0.343. The molecule has 0 spiro atoms. The Kier molecular flexibility index (Phi) is 6.14. The van der Waals surface area contributed by atoms with Crippen molar-refractivity contribution in [1.29, 1.82) is 0 Å². The highest BCUT2D eigenvalue weighted by atomic mass is 35.5. The number of aryl methyl sites for hydroxylation is 1. The van der Waals surface area contributed by atoms with E-state index in [1.165, 1.54) is 19.2 Å². The highest BCUT2D eigenvalue weighted by molar-refractivity contribution is 6.31. The highest BCUT2D eigenvalue weighted by Gasteiger charge is 2.12. The summed E-state index contributed by atoms with van der Waals surface area (Å²) in [5.74, 6) is -1.38. The lowest BCUT2D eigenvalue weighted by Gasteiger charge is -2.09. The lowest BCUT2D eigenvalue weighted by Crippen LogP contribution is -2.21. The van der Waals surface area contributed by atoms with Gasteiger partial charge in [0.15, 0.2) is 0 Å². The molecule has 0 aromatic heterocycles. The van der Waals surface area contributed by atoms with Gasteiger partial charge in [-0.25, -0.2) is 4.79 Å². The standard InChI is InChI=1S/C18H17ClN2O4/c1-11-3-6-13(19)9-15(11)21-17(23)10-16(22)20-14-7-4-12(5-8-14)18(24)25-2/h3-9H,10H2,1-2H3,(H,20,22)(H,21,23). The molecule has 6 nitrogen and oxygen atoms in total. The van der Waals surface area contributed by atoms with E-state index in [9.17, 15) is 14.4 Å². The van der Waals surface area contributed by atoms with Crippen molar-refractivity contribution in [2.75, 3.05) is 17.7 Å². The maximum Gasteiger partial charge on any atom is 0.337 e. The molecule has 0 bridgehead atoms. The Labute approximate surface area is 150 Å². The van der Waals surface area contributed by atoms with Crippen LogP contribution in [0.15, 0.2) is 42.5 Å². The van der Waals surface area contributed by atoms with E-state index >= 15 is 0 Å². The van der Waals surface area contributed by atoms with Gasteiger partial charge in [-0.1, -0.05) is 17.7 Å². The Morgan fingerprint density at radius 1 is 1.00 bits per heavy atom. The average molecular weight is 361 g/mol. The van der Waals surface area contributed by atoms with Gasteiger partial charge >= 0.3 is 5.97 Å². The zero-order valence-corrected chi connectivity index (χ0v) is 14.5. The fourth-order valence-corrected chi connectivity index (χ4v) is 2.25. The number of carbonyl (C=O) groups is 3. The second-order valence-corrected chi connectivity index (χ2v) is 5.74. The van der Waals surface area contributed by atoms with Crippen LogP contribution >= 0.6 is 11.6 Å². The average Bonchev–Trinajstić information content (AvgIpc) is 2.58. The number of esters is 1. The Hall–Kier alpha value is -2.86. The van der Waals surface area contributed by atoms with E-state index in [1.54, 1.807) is 30.3 Å². The van der Waals surface area contributed by atoms with E-state index in [1.807, 2.05) is 6.92 Å². The second-order valence-electron chi connectivity index (χ2n) is 5.30. The third kappa shape index (κ3) is 5.32. The summed E-state index contributed by atoms with van der Waals surface area (Å²) in [5, 5.41) is 5.74. The SMILES string of the molecule is COC(=O)c1ccc(NC(=O)CC(=O)Nc2cc(Cl)ccc2C)cc1. The molecule has 0 aliphatic carbocycles. The molecule has 2 aromatic carbocycles. The Bertz CT molecular complexity index is 803. The minimum atomic E-state index is -0.469. The molecule has 0 radical (unpaired) electrons. The summed E-state index contributed by atoms with van der Waals surface area (Å²) in [6.45, 7) is 1.83. The Morgan fingerprint density at radius 3 is 2.28 bits per heavy atom. The third-order valence-corrected chi connectivity index (χ3v) is 3.62. The van der Waals surface area contributed by atoms with Gasteiger partial charge in [0.05, 0.1) is 12.7 Å². The summed E-state index contributed by atoms with van der Waals surface area (Å²) in [6, 6.07) is 11.3. The van der Waals surface area contributed by atoms with Crippen LogP contribution in [0.5, 0.6) is 0 Å². The number of hydrogen-bond donors (Lipinski definition) is 2. The number of methoxy groups -OCH3 is 1. The fourth-order valence-electron chi connectivity index (χ4n) is 2.08. The summed E-state index contributed by atoms with van der Waals surface area (Å²) in [5.41, 5.74) is 2.25. The van der Waals surface area contributed by atoms with Crippen LogP contribution in [-0.2, 0) is 14.3 Å². The zero-order chi connectivity index (χ0) is 18.4. The topological polar surface area (TPSA) is 84.5 Å². The van der Waals surface area contributed by atoms with Crippen molar-refractivity contribution in [2.24, 2.45) is 0 Å². The molecule has 0 saturated carbocycles. The first-order valence-electron chi connectivity index (χ1n) is 7.43. The number of amides is 2. The first-order valence-corrected chi connectivity index (χ1v) is 7.81. The number of halogens is 1. The van der Waals surface area contributed by atoms with Crippen molar-refractivity contribution >= 4 is 40.8 Å². The molecule has 0 aliphatic rings. The molecule has 0 unspecified atom stereocenters. The Morgan fingerprint density at radius 2 is 1.64 bits per heavy atom. The van der Waals surface area contributed by atoms with Crippen molar-refractivity contribution in [1.82, 2.24) is 0 Å². The highest BCUT2D eigenvalue weighted by Crippen LogP contribution is 2.20. The number of carbonyl (C=O) groups excluding carboxylic acids is 3. The zero-order valence-electron chi connectivity index (χ0n) is 13.8. The maximum absolute atomic E-state index is 12.0. The van der Waals surface area contributed by atoms with E-state index < -0.39 is 17.8 Å². The van der Waals surface area contributed by atoms with Crippen LogP contribution in [0.4, 0.5) is 11.4 Å². The van der Waals surface area contributed by atoms with Crippen LogP contribution in [-0.4, -0.2) is 24.9 Å². The van der Waals surface area contributed by atoms with Gasteiger partial charge in [-0.2, -0.15) is 0 Å². The van der Waals surface area contributed by atoms with Gasteiger partial charge < -0.3 is 15.4 Å². The first kappa shape index (κ1) is 18.5. The lowest BCUT2D eigenvalue weighted by atomic mass is 10.2. The molecule has 7 heteroatoms. The van der Waals surface area contributed by atoms with Gasteiger partial charge in [0, 0.05) is 16.4 Å². The summed E-state index contributed by atoms with van der Waals surface area (Å²) in [7, 11) is 1.29. The van der Waals surface area contributed by atoms with E-state index in [0.717, 1.165) is 5.56 Å². The van der Waals surface area contributed by atoms with E-state index in [-0.39, 0.29) is 6.42 Å². The molecule has 0 atom stereocenters. The van der Waals surface area contributed by atoms with Crippen molar-refractivity contribution < 1.29 is 19.1 Å². The smallest absolute Gasteiger partial charge is 0.337 e. The normalized spacial score (nSPS) is 10.0. The summed E-state index contributed by atoms with van der Waals surface area (Å²) >= 11 is 5.90. The molecule has 0 heterocycles. The number of anilines is 2. The molecule has 2 aromatic rings. The van der Waals surface area contributed by atoms with Crippen molar-refractivity contribution in [3.05, 3.63) is 58.6 Å². The molecule has 0 fully saturated rings. The molecule has 0 saturated heterocycles. The minimum absolute atomic E-state index is 0.343. The lowest BCUT2D eigenvalue weighted by molar-refractivity contribution is -0.123. The monoisotopic (exact) mass is 360 g/mol. The van der Waals surface area contributed by atoms with Crippen LogP contribution in [0.3, 0.4) is 0 Å². The van der Waals surface area contributed by atoms with Gasteiger partial charge in [0.25, 0.3) is 0 Å². The van der Waals surface area contributed by atoms with Crippen molar-refractivity contribution in [3.8, 4) is 0 Å². The van der Waals surface area contributed by atoms with Crippen LogP contribution in [0.2, 0.25) is 5.02 Å². The number of rotatable bonds is 5. The van der Waals surface area contributed by atoms with Gasteiger partial charge in [-0.15, -0.1) is 0 Å². The third-order valence-electron chi connectivity index (χ3n) is 3.38. The predicted molar refractivity (Wildman–Crippen MR) is 95.8 cm³/mol. The molecular weight excluding hydrogens is 344 g/mol. The molecule has 130 valence electrons. The predicted octanol–water partition coefficient (Wildman–Crippen LogP) is 3.40. The molecule has 2 N–H and O–H groups in total. The molecule has 2 rings (SSSR count). The first-order chi connectivity index (χ1) is 11.9. The molecule has 0 aliphatic heterocycles.